The van der Waals surface area contributed by atoms with Crippen molar-refractivity contribution < 1.29 is 14.2 Å². The van der Waals surface area contributed by atoms with Crippen molar-refractivity contribution in [2.75, 3.05) is 26.8 Å². The van der Waals surface area contributed by atoms with Crippen molar-refractivity contribution >= 4 is 21.4 Å². The second-order valence-corrected chi connectivity index (χ2v) is 11.7. The van der Waals surface area contributed by atoms with Crippen LogP contribution in [0, 0.1) is 0 Å². The van der Waals surface area contributed by atoms with Gasteiger partial charge in [0.1, 0.15) is 23.9 Å². The van der Waals surface area contributed by atoms with Gasteiger partial charge in [-0.25, -0.2) is 0 Å². The number of thiophene rings is 1. The Balaban J connectivity index is 1.33. The van der Waals surface area contributed by atoms with Gasteiger partial charge in [-0.05, 0) is 115 Å². The number of benzene rings is 4. The fraction of sp³-hybridized carbons (Fsp3) is 0.278. The summed E-state index contributed by atoms with van der Waals surface area (Å²) in [5.74, 6) is 2.77. The van der Waals surface area contributed by atoms with Gasteiger partial charge in [0.05, 0.1) is 13.7 Å². The highest BCUT2D eigenvalue weighted by Gasteiger charge is 2.18. The van der Waals surface area contributed by atoms with E-state index in [1.54, 1.807) is 7.11 Å². The topological polar surface area (TPSA) is 30.9 Å². The highest BCUT2D eigenvalue weighted by Crippen LogP contribution is 2.42. The van der Waals surface area contributed by atoms with E-state index in [0.29, 0.717) is 13.2 Å². The molecule has 0 unspecified atom stereocenters. The van der Waals surface area contributed by atoms with E-state index < -0.39 is 0 Å². The van der Waals surface area contributed by atoms with Gasteiger partial charge in [-0.1, -0.05) is 42.5 Å². The summed E-state index contributed by atoms with van der Waals surface area (Å²) in [7, 11) is 1.79. The van der Waals surface area contributed by atoms with Gasteiger partial charge >= 0.3 is 0 Å². The lowest BCUT2D eigenvalue weighted by atomic mass is 9.97. The first-order chi connectivity index (χ1) is 20.2. The van der Waals surface area contributed by atoms with E-state index in [1.807, 2.05) is 36.5 Å². The summed E-state index contributed by atoms with van der Waals surface area (Å²) in [5.41, 5.74) is 6.22. The highest BCUT2D eigenvalue weighted by atomic mass is 32.1. The third-order valence-electron chi connectivity index (χ3n) is 7.77. The molecule has 4 aromatic carbocycles. The Morgan fingerprint density at radius 2 is 1.56 bits per heavy atom. The van der Waals surface area contributed by atoms with Crippen molar-refractivity contribution in [1.82, 2.24) is 4.90 Å². The first kappa shape index (κ1) is 27.4. The van der Waals surface area contributed by atoms with Crippen LogP contribution in [0.2, 0.25) is 0 Å². The Morgan fingerprint density at radius 3 is 2.32 bits per heavy atom. The van der Waals surface area contributed by atoms with E-state index in [1.165, 1.54) is 63.1 Å². The summed E-state index contributed by atoms with van der Waals surface area (Å²) in [6, 6.07) is 32.1. The summed E-state index contributed by atoms with van der Waals surface area (Å²) in [6.07, 6.45) is 3.41. The molecule has 2 heterocycles. The molecule has 0 aliphatic carbocycles. The molecule has 1 aliphatic rings. The average molecular weight is 564 g/mol. The number of ether oxygens (including phenoxy) is 3. The molecule has 0 bridgehead atoms. The Morgan fingerprint density at radius 1 is 0.780 bits per heavy atom. The summed E-state index contributed by atoms with van der Waals surface area (Å²) < 4.78 is 19.0. The first-order valence-corrected chi connectivity index (χ1v) is 15.4. The summed E-state index contributed by atoms with van der Waals surface area (Å²) in [6.45, 7) is 6.53. The van der Waals surface area contributed by atoms with Crippen molar-refractivity contribution in [2.45, 2.75) is 39.3 Å². The molecule has 0 spiro atoms. The second-order valence-electron chi connectivity index (χ2n) is 10.6. The smallest absolute Gasteiger partial charge is 0.123 e. The maximum Gasteiger partial charge on any atom is 0.123 e. The largest absolute Gasteiger partial charge is 0.496 e. The quantitative estimate of drug-likeness (QED) is 0.161. The van der Waals surface area contributed by atoms with Crippen LogP contribution in [0.4, 0.5) is 0 Å². The molecular formula is C36H37NO3S. The van der Waals surface area contributed by atoms with Gasteiger partial charge in [0, 0.05) is 21.7 Å². The van der Waals surface area contributed by atoms with E-state index in [-0.39, 0.29) is 0 Å². The minimum Gasteiger partial charge on any atom is -0.496 e. The van der Waals surface area contributed by atoms with Gasteiger partial charge in [-0.2, -0.15) is 0 Å². The van der Waals surface area contributed by atoms with E-state index >= 15 is 0 Å². The zero-order valence-corrected chi connectivity index (χ0v) is 24.7. The van der Waals surface area contributed by atoms with Crippen molar-refractivity contribution in [1.29, 1.82) is 0 Å². The predicted octanol–water partition coefficient (Wildman–Crippen LogP) is 8.74. The fourth-order valence-electron chi connectivity index (χ4n) is 5.65. The van der Waals surface area contributed by atoms with E-state index in [9.17, 15) is 0 Å². The highest BCUT2D eigenvalue weighted by molar-refractivity contribution is 7.22. The van der Waals surface area contributed by atoms with Crippen molar-refractivity contribution in [3.63, 3.8) is 0 Å². The zero-order chi connectivity index (χ0) is 28.0. The molecule has 5 aromatic rings. The third kappa shape index (κ3) is 6.42. The first-order valence-electron chi connectivity index (χ1n) is 14.5. The Kier molecular flexibility index (Phi) is 8.54. The van der Waals surface area contributed by atoms with Gasteiger partial charge in [-0.15, -0.1) is 11.3 Å². The molecule has 1 aromatic heterocycles. The molecule has 1 fully saturated rings. The summed E-state index contributed by atoms with van der Waals surface area (Å²) >= 11 is 1.83. The van der Waals surface area contributed by atoms with Gasteiger partial charge in [0.2, 0.25) is 0 Å². The molecule has 210 valence electrons. The molecule has 41 heavy (non-hydrogen) atoms. The van der Waals surface area contributed by atoms with Gasteiger partial charge in [0.15, 0.2) is 0 Å². The number of likely N-dealkylation sites (tertiary alicyclic amines) is 1. The summed E-state index contributed by atoms with van der Waals surface area (Å²) in [5, 5.41) is 1.27. The molecule has 0 atom stereocenters. The molecular weight excluding hydrogens is 526 g/mol. The van der Waals surface area contributed by atoms with Crippen molar-refractivity contribution in [2.24, 2.45) is 0 Å². The lowest BCUT2D eigenvalue weighted by molar-refractivity contribution is 0.306. The molecule has 1 aliphatic heterocycles. The summed E-state index contributed by atoms with van der Waals surface area (Å²) in [4.78, 5) is 3.80. The number of fused-ring (bicyclic) bond motifs is 1. The minimum atomic E-state index is 0.555. The van der Waals surface area contributed by atoms with E-state index in [4.69, 9.17) is 14.2 Å². The molecule has 0 N–H and O–H groups in total. The van der Waals surface area contributed by atoms with Crippen LogP contribution in [0.5, 0.6) is 17.2 Å². The fourth-order valence-corrected chi connectivity index (χ4v) is 6.91. The maximum absolute atomic E-state index is 6.18. The van der Waals surface area contributed by atoms with E-state index in [2.05, 4.69) is 77.7 Å². The molecule has 6 rings (SSSR count). The van der Waals surface area contributed by atoms with Gasteiger partial charge < -0.3 is 14.2 Å². The van der Waals surface area contributed by atoms with Gasteiger partial charge in [0.25, 0.3) is 0 Å². The van der Waals surface area contributed by atoms with E-state index in [0.717, 1.165) is 35.8 Å². The predicted molar refractivity (Wildman–Crippen MR) is 170 cm³/mol. The number of rotatable bonds is 11. The minimum absolute atomic E-state index is 0.555. The maximum atomic E-state index is 6.18. The Hall–Kier alpha value is -3.80. The Labute approximate surface area is 247 Å². The lowest BCUT2D eigenvalue weighted by Gasteiger charge is -2.18. The normalized spacial score (nSPS) is 13.5. The molecule has 0 radical (unpaired) electrons. The van der Waals surface area contributed by atoms with Crippen LogP contribution in [-0.4, -0.2) is 31.7 Å². The third-order valence-corrected chi connectivity index (χ3v) is 9.01. The molecule has 0 amide bonds. The van der Waals surface area contributed by atoms with Crippen molar-refractivity contribution in [3.05, 3.63) is 113 Å². The number of methoxy groups -OCH3 is 1. The molecule has 0 saturated carbocycles. The van der Waals surface area contributed by atoms with Crippen LogP contribution in [0.1, 0.15) is 42.0 Å². The molecule has 1 saturated heterocycles. The van der Waals surface area contributed by atoms with Crippen LogP contribution >= 0.6 is 11.3 Å². The standard InChI is InChI=1S/C36H37NO3S/c1-3-39-30-15-13-28(14-16-30)36-33(21-27-11-12-29(34(22-27)38-2)24-37-19-7-8-20-37)32-18-17-31(23-35(32)41-36)40-25-26-9-5-4-6-10-26/h4-6,9-18,22-23H,3,7-8,19-21,24-25H2,1-2H3. The van der Waals surface area contributed by atoms with Crippen LogP contribution in [0.25, 0.3) is 20.5 Å². The number of hydrogen-bond acceptors (Lipinski definition) is 5. The van der Waals surface area contributed by atoms with Crippen LogP contribution in [0.3, 0.4) is 0 Å². The molecule has 4 nitrogen and oxygen atoms in total. The Bertz CT molecular complexity index is 1590. The van der Waals surface area contributed by atoms with Crippen molar-refractivity contribution in [3.8, 4) is 27.7 Å². The molecule has 5 heteroatoms. The zero-order valence-electron chi connectivity index (χ0n) is 23.9. The van der Waals surface area contributed by atoms with Crippen LogP contribution < -0.4 is 14.2 Å². The van der Waals surface area contributed by atoms with Crippen LogP contribution in [-0.2, 0) is 19.6 Å². The SMILES string of the molecule is CCOc1ccc(-c2sc3cc(OCc4ccccc4)ccc3c2Cc2ccc(CN3CCCC3)c(OC)c2)cc1. The average Bonchev–Trinajstić information content (AvgIpc) is 3.66. The lowest BCUT2D eigenvalue weighted by Crippen LogP contribution is -2.18. The monoisotopic (exact) mass is 563 g/mol. The number of nitrogens with zero attached hydrogens (tertiary/aromatic N) is 1. The van der Waals surface area contributed by atoms with Crippen LogP contribution in [0.15, 0.2) is 91.0 Å². The second kappa shape index (κ2) is 12.8. The number of hydrogen-bond donors (Lipinski definition) is 0. The van der Waals surface area contributed by atoms with Gasteiger partial charge in [-0.3, -0.25) is 4.90 Å².